The van der Waals surface area contributed by atoms with Gasteiger partial charge in [-0.3, -0.25) is 4.79 Å². The smallest absolute Gasteiger partial charge is 0.190 e. The van der Waals surface area contributed by atoms with Crippen LogP contribution in [-0.4, -0.2) is 48.0 Å². The van der Waals surface area contributed by atoms with E-state index in [1.54, 1.807) is 0 Å². The molecule has 4 aromatic carbocycles. The van der Waals surface area contributed by atoms with Gasteiger partial charge in [0.2, 0.25) is 0 Å². The molecule has 0 atom stereocenters. The predicted molar refractivity (Wildman–Crippen MR) is 380 cm³/mol. The number of allylic oxidation sites excluding steroid dienone is 10. The fraction of sp³-hybridized carbons (Fsp3) is 0.220. The fourth-order valence-electron chi connectivity index (χ4n) is 13.4. The Balaban J connectivity index is 0.945. The molecule has 16 bridgehead atoms. The van der Waals surface area contributed by atoms with Gasteiger partial charge in [-0.2, -0.15) is 0 Å². The molecule has 6 aromatic rings. The highest BCUT2D eigenvalue weighted by atomic mass is 16.3. The van der Waals surface area contributed by atoms with Crippen LogP contribution in [0.2, 0.25) is 0 Å². The first kappa shape index (κ1) is 59.1. The van der Waals surface area contributed by atoms with Crippen molar-refractivity contribution >= 4 is 69.4 Å². The average molecular weight is 1200 g/mol. The number of rotatable bonds is 4. The Hall–Kier alpha value is -10.5. The van der Waals surface area contributed by atoms with E-state index < -0.39 is 10.8 Å². The van der Waals surface area contributed by atoms with E-state index >= 15 is 0 Å². The summed E-state index contributed by atoms with van der Waals surface area (Å²) in [6, 6.07) is 34.3. The fourth-order valence-corrected chi connectivity index (χ4v) is 13.4. The highest BCUT2D eigenvalue weighted by Crippen LogP contribution is 2.44. The summed E-state index contributed by atoms with van der Waals surface area (Å²) < 4.78 is 0. The highest BCUT2D eigenvalue weighted by Gasteiger charge is 2.40. The molecule has 0 fully saturated rings. The SMILES string of the molecule is Cc1ccc(-c2c3nc(c(C#Cc4ccc(C5=C6C=CC(=N6)C(c6cc(C(C)(C)C)cc(C(C)(C)C)c6)=C6C=CC(=N6)C=C6NC(=C(O)C6(C)C)C=C6C=CC5=N6)cc4)c4[nH]c(cc5nc(c(-c6c(C)cc(C)cc6C)c6ccc2[nH]6)C=C5)C(=O)C4(C)C)C=C3)cc1. The van der Waals surface area contributed by atoms with Gasteiger partial charge in [-0.15, -0.1) is 0 Å². The quantitative estimate of drug-likeness (QED) is 0.130. The molecule has 92 heavy (non-hydrogen) atoms. The van der Waals surface area contributed by atoms with Crippen molar-refractivity contribution in [3.05, 3.63) is 270 Å². The van der Waals surface area contributed by atoms with Crippen molar-refractivity contribution in [3.63, 3.8) is 0 Å². The molecule has 0 unspecified atom stereocenters. The lowest BCUT2D eigenvalue weighted by atomic mass is 9.78. The molecule has 14 rings (SSSR count). The largest absolute Gasteiger partial charge is 0.509 e. The Morgan fingerprint density at radius 3 is 1.83 bits per heavy atom. The Morgan fingerprint density at radius 2 is 1.12 bits per heavy atom. The minimum Gasteiger partial charge on any atom is -0.509 e. The second-order valence-corrected chi connectivity index (χ2v) is 28.4. The lowest BCUT2D eigenvalue weighted by Crippen LogP contribution is -2.25. The summed E-state index contributed by atoms with van der Waals surface area (Å²) >= 11 is 0. The van der Waals surface area contributed by atoms with Crippen molar-refractivity contribution < 1.29 is 9.90 Å². The number of aliphatic hydroxyl groups excluding tert-OH is 1. The normalized spacial score (nSPS) is 17.2. The van der Waals surface area contributed by atoms with E-state index in [4.69, 9.17) is 24.9 Å². The average Bonchev–Trinajstić information content (AvgIpc) is 1.61. The zero-order valence-corrected chi connectivity index (χ0v) is 54.8. The summed E-state index contributed by atoms with van der Waals surface area (Å²) in [5, 5.41) is 15.3. The van der Waals surface area contributed by atoms with Crippen LogP contribution in [0.15, 0.2) is 195 Å². The van der Waals surface area contributed by atoms with E-state index in [9.17, 15) is 9.90 Å². The number of ketones is 1. The Labute approximate surface area is 539 Å². The summed E-state index contributed by atoms with van der Waals surface area (Å²) in [6.07, 6.45) is 24.3. The van der Waals surface area contributed by atoms with Gasteiger partial charge in [0.25, 0.3) is 0 Å². The molecule has 2 aromatic heterocycles. The van der Waals surface area contributed by atoms with Crippen LogP contribution in [-0.2, 0) is 16.2 Å². The monoisotopic (exact) mass is 1200 g/mol. The zero-order valence-electron chi connectivity index (χ0n) is 54.8. The Bertz CT molecular complexity index is 4990. The van der Waals surface area contributed by atoms with Gasteiger partial charge in [0.15, 0.2) is 5.78 Å². The number of hydrogen-bond donors (Lipinski definition) is 4. The third kappa shape index (κ3) is 10.5. The predicted octanol–water partition coefficient (Wildman–Crippen LogP) is 18.4. The summed E-state index contributed by atoms with van der Waals surface area (Å²) in [5.41, 5.74) is 25.8. The van der Waals surface area contributed by atoms with E-state index in [1.165, 1.54) is 16.7 Å². The van der Waals surface area contributed by atoms with Crippen LogP contribution < -0.4 is 5.32 Å². The summed E-state index contributed by atoms with van der Waals surface area (Å²) in [4.78, 5) is 49.1. The number of H-pyrrole nitrogens is 2. The number of aryl methyl sites for hydroxylation is 4. The number of hydrogen-bond acceptors (Lipinski definition) is 8. The summed E-state index contributed by atoms with van der Waals surface area (Å²) in [6.45, 7) is 30.0. The van der Waals surface area contributed by atoms with Crippen LogP contribution >= 0.6 is 0 Å². The van der Waals surface area contributed by atoms with E-state index in [1.807, 2.05) is 94.5 Å². The molecular weight excluding hydrogens is 1130 g/mol. The van der Waals surface area contributed by atoms with E-state index in [0.29, 0.717) is 39.7 Å². The van der Waals surface area contributed by atoms with Gasteiger partial charge in [0.1, 0.15) is 5.76 Å². The molecule has 4 N–H and O–H groups in total. The third-order valence-corrected chi connectivity index (χ3v) is 18.6. The third-order valence-electron chi connectivity index (χ3n) is 18.6. The summed E-state index contributed by atoms with van der Waals surface area (Å²) in [5.74, 6) is 7.27. The molecule has 0 spiro atoms. The number of carbonyl (C=O) groups is 1. The molecule has 10 nitrogen and oxygen atoms in total. The van der Waals surface area contributed by atoms with Crippen LogP contribution in [0.1, 0.15) is 164 Å². The molecule has 454 valence electrons. The van der Waals surface area contributed by atoms with E-state index in [-0.39, 0.29) is 22.4 Å². The number of nitrogens with one attached hydrogen (secondary N) is 3. The van der Waals surface area contributed by atoms with Gasteiger partial charge >= 0.3 is 0 Å². The van der Waals surface area contributed by atoms with Crippen LogP contribution in [0.5, 0.6) is 0 Å². The maximum Gasteiger partial charge on any atom is 0.190 e. The second kappa shape index (κ2) is 21.6. The maximum atomic E-state index is 14.8. The molecule has 8 aliphatic rings. The topological polar surface area (TPSA) is 144 Å². The standard InChI is InChI=1S/C82H74N8O2/c1-45-15-20-50(21-16-45)73-62-32-31-59(86-62)58(76-82(13,14)78(92)69(90-76)43-56-25-30-66(84-56)75(67-36-35-64(73)88-67)71-47(3)37-46(2)38-48(71)4)27-19-49-17-22-51(23-18-49)72-60-28-24-55(83-60)42-68-77(91)81(11,12)70(89-68)44-57-26-29-61(85-57)74(65-34-33-63(72)87-65)52-39-53(79(5,6)7)41-54(40-52)80(8,9)10/h15-18,20-26,28-44,88-91H,1-14H3. The summed E-state index contributed by atoms with van der Waals surface area (Å²) in [7, 11) is 0. The first-order valence-electron chi connectivity index (χ1n) is 31.6. The molecule has 0 saturated carbocycles. The van der Waals surface area contributed by atoms with Crippen molar-refractivity contribution in [2.75, 3.05) is 0 Å². The molecular formula is C82H74N8O2. The number of nitrogens with zero attached hydrogens (tertiary/aromatic N) is 5. The van der Waals surface area contributed by atoms with Crippen molar-refractivity contribution in [3.8, 4) is 34.1 Å². The van der Waals surface area contributed by atoms with Crippen molar-refractivity contribution in [2.45, 2.75) is 113 Å². The molecule has 10 heterocycles. The molecule has 0 amide bonds. The number of aromatic nitrogens is 4. The van der Waals surface area contributed by atoms with Crippen LogP contribution in [0.4, 0.5) is 0 Å². The van der Waals surface area contributed by atoms with Crippen LogP contribution in [0.25, 0.3) is 68.7 Å². The van der Waals surface area contributed by atoms with Gasteiger partial charge in [0, 0.05) is 50.3 Å². The first-order chi connectivity index (χ1) is 43.7. The Morgan fingerprint density at radius 1 is 0.511 bits per heavy atom. The number of Topliss-reactive ketones (excluding diaryl/α,β-unsaturated/α-hetero) is 1. The molecule has 0 aliphatic carbocycles. The van der Waals surface area contributed by atoms with Gasteiger partial charge in [0.05, 0.1) is 84.8 Å². The number of carbonyl (C=O) groups excluding carboxylic acids is 1. The van der Waals surface area contributed by atoms with Gasteiger partial charge in [-0.25, -0.2) is 24.9 Å². The minimum atomic E-state index is -1.01. The van der Waals surface area contributed by atoms with Gasteiger partial charge < -0.3 is 20.4 Å². The Kier molecular flexibility index (Phi) is 13.9. The molecule has 0 saturated heterocycles. The number of benzene rings is 4. The highest BCUT2D eigenvalue weighted by molar-refractivity contribution is 6.36. The van der Waals surface area contributed by atoms with Crippen LogP contribution in [0, 0.1) is 45.0 Å². The number of aliphatic hydroxyl groups is 1. The molecule has 0 radical (unpaired) electrons. The lowest BCUT2D eigenvalue weighted by molar-refractivity contribution is 0.0919. The minimum absolute atomic E-state index is 0.0730. The van der Waals surface area contributed by atoms with E-state index in [2.05, 4.69) is 200 Å². The number of fused-ring (bicyclic) bond motifs is 13. The second-order valence-electron chi connectivity index (χ2n) is 28.4. The van der Waals surface area contributed by atoms with Crippen molar-refractivity contribution in [2.24, 2.45) is 20.4 Å². The van der Waals surface area contributed by atoms with Crippen molar-refractivity contribution in [1.29, 1.82) is 0 Å². The van der Waals surface area contributed by atoms with Gasteiger partial charge in [-0.1, -0.05) is 131 Å². The zero-order chi connectivity index (χ0) is 64.5. The maximum absolute atomic E-state index is 14.8. The van der Waals surface area contributed by atoms with Crippen LogP contribution in [0.3, 0.4) is 0 Å². The van der Waals surface area contributed by atoms with E-state index in [0.717, 1.165) is 123 Å². The lowest BCUT2D eigenvalue weighted by Gasteiger charge is -2.27. The number of aliphatic imine (C=N–C) groups is 3. The molecule has 8 aliphatic heterocycles. The van der Waals surface area contributed by atoms with Gasteiger partial charge in [-0.05, 0) is 214 Å². The molecule has 10 heteroatoms. The van der Waals surface area contributed by atoms with Crippen molar-refractivity contribution in [1.82, 2.24) is 25.3 Å². The number of aromatic amines is 2. The first-order valence-corrected chi connectivity index (χ1v) is 31.6.